The van der Waals surface area contributed by atoms with Crippen LogP contribution in [0.3, 0.4) is 0 Å². The molecule has 2 N–H and O–H groups in total. The Morgan fingerprint density at radius 3 is 2.45 bits per heavy atom. The van der Waals surface area contributed by atoms with E-state index in [1.807, 2.05) is 0 Å². The monoisotopic (exact) mass is 280 g/mol. The Hall–Kier alpha value is -2.11. The van der Waals surface area contributed by atoms with Crippen LogP contribution in [0.4, 0.5) is 11.4 Å². The summed E-state index contributed by atoms with van der Waals surface area (Å²) < 4.78 is 0. The molecule has 1 rings (SSSR count). The molecule has 6 nitrogen and oxygen atoms in total. The van der Waals surface area contributed by atoms with Gasteiger partial charge in [0.25, 0.3) is 5.69 Å². The van der Waals surface area contributed by atoms with Crippen molar-refractivity contribution in [2.45, 2.75) is 34.1 Å². The molecule has 0 saturated heterocycles. The first-order chi connectivity index (χ1) is 9.11. The second kappa shape index (κ2) is 5.90. The van der Waals surface area contributed by atoms with Gasteiger partial charge in [-0.25, -0.2) is 4.79 Å². The molecule has 110 valence electrons. The smallest absolute Gasteiger partial charge is 0.336 e. The first-order valence-corrected chi connectivity index (χ1v) is 6.38. The summed E-state index contributed by atoms with van der Waals surface area (Å²) in [5.74, 6) is -1.17. The van der Waals surface area contributed by atoms with Crippen LogP contribution < -0.4 is 5.32 Å². The Morgan fingerprint density at radius 2 is 2.00 bits per heavy atom. The number of nitro benzene ring substituents is 1. The predicted octanol–water partition coefficient (Wildman–Crippen LogP) is 3.45. The number of hydrogen-bond donors (Lipinski definition) is 2. The molecule has 0 aliphatic heterocycles. The van der Waals surface area contributed by atoms with Crippen molar-refractivity contribution in [1.29, 1.82) is 0 Å². The van der Waals surface area contributed by atoms with Crippen LogP contribution in [0.15, 0.2) is 12.1 Å². The normalized spacial score (nSPS) is 11.2. The number of carboxylic acids is 1. The number of carbonyl (C=O) groups is 1. The number of benzene rings is 1. The van der Waals surface area contributed by atoms with Gasteiger partial charge in [-0.15, -0.1) is 0 Å². The Kier molecular flexibility index (Phi) is 4.70. The molecule has 0 saturated carbocycles. The standard InChI is InChI=1S/C14H20N2O4/c1-9-11(15-6-5-14(2,3)4)7-10(13(17)18)8-12(9)16(19)20/h7-8,15H,5-6H2,1-4H3,(H,17,18). The maximum absolute atomic E-state index is 11.0. The van der Waals surface area contributed by atoms with Gasteiger partial charge < -0.3 is 10.4 Å². The summed E-state index contributed by atoms with van der Waals surface area (Å²) in [6.45, 7) is 8.53. The molecule has 0 radical (unpaired) electrons. The number of hydrogen-bond acceptors (Lipinski definition) is 4. The number of nitrogens with one attached hydrogen (secondary N) is 1. The third kappa shape index (κ3) is 4.22. The topological polar surface area (TPSA) is 92.5 Å². The molecule has 0 aromatic heterocycles. The zero-order valence-electron chi connectivity index (χ0n) is 12.2. The quantitative estimate of drug-likeness (QED) is 0.636. The number of nitro groups is 1. The summed E-state index contributed by atoms with van der Waals surface area (Å²) >= 11 is 0. The predicted molar refractivity (Wildman–Crippen MR) is 77.4 cm³/mol. The number of rotatable bonds is 5. The lowest BCUT2D eigenvalue weighted by atomic mass is 9.92. The van der Waals surface area contributed by atoms with Crippen molar-refractivity contribution in [2.75, 3.05) is 11.9 Å². The van der Waals surface area contributed by atoms with E-state index in [1.165, 1.54) is 6.07 Å². The molecule has 0 bridgehead atoms. The van der Waals surface area contributed by atoms with Crippen molar-refractivity contribution in [3.05, 3.63) is 33.4 Å². The lowest BCUT2D eigenvalue weighted by molar-refractivity contribution is -0.385. The minimum Gasteiger partial charge on any atom is -0.478 e. The van der Waals surface area contributed by atoms with Gasteiger partial charge >= 0.3 is 5.97 Å². The van der Waals surface area contributed by atoms with E-state index in [-0.39, 0.29) is 16.7 Å². The average Bonchev–Trinajstić information content (AvgIpc) is 2.28. The van der Waals surface area contributed by atoms with E-state index in [0.717, 1.165) is 12.5 Å². The fraction of sp³-hybridized carbons (Fsp3) is 0.500. The molecule has 1 aromatic carbocycles. The second-order valence-corrected chi connectivity index (χ2v) is 5.97. The van der Waals surface area contributed by atoms with E-state index in [4.69, 9.17) is 5.11 Å². The molecule has 20 heavy (non-hydrogen) atoms. The van der Waals surface area contributed by atoms with Crippen LogP contribution in [0.25, 0.3) is 0 Å². The van der Waals surface area contributed by atoms with Gasteiger partial charge in [-0.2, -0.15) is 0 Å². The first-order valence-electron chi connectivity index (χ1n) is 6.38. The van der Waals surface area contributed by atoms with Crippen LogP contribution in [0.5, 0.6) is 0 Å². The Balaban J connectivity index is 3.05. The SMILES string of the molecule is Cc1c(NCCC(C)(C)C)cc(C(=O)O)cc1[N+](=O)[O-]. The van der Waals surface area contributed by atoms with Gasteiger partial charge in [-0.3, -0.25) is 10.1 Å². The largest absolute Gasteiger partial charge is 0.478 e. The molecular weight excluding hydrogens is 260 g/mol. The summed E-state index contributed by atoms with van der Waals surface area (Å²) in [6, 6.07) is 2.53. The Morgan fingerprint density at radius 1 is 1.40 bits per heavy atom. The summed E-state index contributed by atoms with van der Waals surface area (Å²) in [4.78, 5) is 21.4. The third-order valence-corrected chi connectivity index (χ3v) is 3.01. The van der Waals surface area contributed by atoms with Gasteiger partial charge in [0, 0.05) is 23.9 Å². The van der Waals surface area contributed by atoms with Gasteiger partial charge in [-0.05, 0) is 24.8 Å². The zero-order valence-corrected chi connectivity index (χ0v) is 12.2. The Bertz CT molecular complexity index is 533. The number of anilines is 1. The highest BCUT2D eigenvalue weighted by atomic mass is 16.6. The fourth-order valence-corrected chi connectivity index (χ4v) is 1.77. The maximum Gasteiger partial charge on any atom is 0.336 e. The molecule has 0 heterocycles. The molecule has 6 heteroatoms. The highest BCUT2D eigenvalue weighted by Gasteiger charge is 2.19. The van der Waals surface area contributed by atoms with E-state index in [0.29, 0.717) is 17.8 Å². The maximum atomic E-state index is 11.0. The van der Waals surface area contributed by atoms with Crippen molar-refractivity contribution in [3.63, 3.8) is 0 Å². The van der Waals surface area contributed by atoms with E-state index in [2.05, 4.69) is 26.1 Å². The van der Waals surface area contributed by atoms with Crippen LogP contribution in [0, 0.1) is 22.5 Å². The minimum atomic E-state index is -1.17. The first kappa shape index (κ1) is 15.9. The van der Waals surface area contributed by atoms with Gasteiger partial charge in [-0.1, -0.05) is 20.8 Å². The molecule has 0 spiro atoms. The van der Waals surface area contributed by atoms with Crippen LogP contribution in [-0.2, 0) is 0 Å². The summed E-state index contributed by atoms with van der Waals surface area (Å²) in [6.07, 6.45) is 0.873. The molecule has 1 aromatic rings. The van der Waals surface area contributed by atoms with Crippen LogP contribution >= 0.6 is 0 Å². The third-order valence-electron chi connectivity index (χ3n) is 3.01. The van der Waals surface area contributed by atoms with Gasteiger partial charge in [0.15, 0.2) is 0 Å². The van der Waals surface area contributed by atoms with E-state index < -0.39 is 10.9 Å². The Labute approximate surface area is 118 Å². The molecule has 0 fully saturated rings. The number of carboxylic acid groups (broad SMARTS) is 1. The lowest BCUT2D eigenvalue weighted by Gasteiger charge is -2.19. The van der Waals surface area contributed by atoms with Crippen molar-refractivity contribution in [1.82, 2.24) is 0 Å². The summed E-state index contributed by atoms with van der Waals surface area (Å²) in [7, 11) is 0. The van der Waals surface area contributed by atoms with Crippen molar-refractivity contribution in [3.8, 4) is 0 Å². The van der Waals surface area contributed by atoms with E-state index in [1.54, 1.807) is 6.92 Å². The van der Waals surface area contributed by atoms with Gasteiger partial charge in [0.2, 0.25) is 0 Å². The molecule has 0 atom stereocenters. The van der Waals surface area contributed by atoms with E-state index >= 15 is 0 Å². The van der Waals surface area contributed by atoms with Gasteiger partial charge in [0.05, 0.1) is 10.5 Å². The van der Waals surface area contributed by atoms with Crippen molar-refractivity contribution < 1.29 is 14.8 Å². The molecule has 0 amide bonds. The van der Waals surface area contributed by atoms with Gasteiger partial charge in [0.1, 0.15) is 0 Å². The van der Waals surface area contributed by atoms with Crippen molar-refractivity contribution >= 4 is 17.3 Å². The molecular formula is C14H20N2O4. The minimum absolute atomic E-state index is 0.0828. The number of nitrogens with zero attached hydrogens (tertiary/aromatic N) is 1. The lowest BCUT2D eigenvalue weighted by Crippen LogP contribution is -2.14. The summed E-state index contributed by atoms with van der Waals surface area (Å²) in [5, 5.41) is 23.1. The highest BCUT2D eigenvalue weighted by molar-refractivity contribution is 5.90. The summed E-state index contributed by atoms with van der Waals surface area (Å²) in [5.41, 5.74) is 0.829. The van der Waals surface area contributed by atoms with Crippen molar-refractivity contribution in [2.24, 2.45) is 5.41 Å². The molecule has 0 aliphatic rings. The van der Waals surface area contributed by atoms with Crippen LogP contribution in [0.2, 0.25) is 0 Å². The highest BCUT2D eigenvalue weighted by Crippen LogP contribution is 2.28. The number of aromatic carboxylic acids is 1. The second-order valence-electron chi connectivity index (χ2n) is 5.97. The zero-order chi connectivity index (χ0) is 15.5. The average molecular weight is 280 g/mol. The fourth-order valence-electron chi connectivity index (χ4n) is 1.77. The molecule has 0 aliphatic carbocycles. The van der Waals surface area contributed by atoms with Crippen LogP contribution in [0.1, 0.15) is 43.1 Å². The van der Waals surface area contributed by atoms with E-state index in [9.17, 15) is 14.9 Å². The van der Waals surface area contributed by atoms with Crippen LogP contribution in [-0.4, -0.2) is 22.5 Å². The molecule has 0 unspecified atom stereocenters.